The number of amides is 1. The van der Waals surface area contributed by atoms with E-state index < -0.39 is 0 Å². The quantitative estimate of drug-likeness (QED) is 0.842. The molecule has 0 saturated heterocycles. The molecule has 0 aromatic heterocycles. The summed E-state index contributed by atoms with van der Waals surface area (Å²) in [6.45, 7) is 4.32. The van der Waals surface area contributed by atoms with Crippen molar-refractivity contribution in [3.05, 3.63) is 70.9 Å². The van der Waals surface area contributed by atoms with Crippen molar-refractivity contribution in [3.8, 4) is 5.75 Å². The first-order valence-corrected chi connectivity index (χ1v) is 8.38. The minimum absolute atomic E-state index is 0.156. The third kappa shape index (κ3) is 4.15. The first-order chi connectivity index (χ1) is 12.0. The predicted octanol–water partition coefficient (Wildman–Crippen LogP) is 3.93. The molecule has 1 aliphatic rings. The van der Waals surface area contributed by atoms with Gasteiger partial charge in [-0.25, -0.2) is 4.99 Å². The van der Waals surface area contributed by atoms with Gasteiger partial charge in [0.2, 0.25) is 0 Å². The number of rotatable bonds is 5. The predicted molar refractivity (Wildman–Crippen MR) is 101 cm³/mol. The zero-order valence-electron chi connectivity index (χ0n) is 14.7. The van der Waals surface area contributed by atoms with Gasteiger partial charge in [-0.05, 0) is 40.8 Å². The molecule has 128 valence electrons. The SMILES string of the molecule is COc1ccc(CC2=N/C(=C/c3ccc(C(C)C)cc3)C(=O)N2)cc1. The van der Waals surface area contributed by atoms with E-state index in [2.05, 4.69) is 36.3 Å². The zero-order chi connectivity index (χ0) is 17.8. The van der Waals surface area contributed by atoms with E-state index in [0.29, 0.717) is 23.9 Å². The topological polar surface area (TPSA) is 50.7 Å². The highest BCUT2D eigenvalue weighted by Gasteiger charge is 2.20. The molecular weight excluding hydrogens is 312 g/mol. The lowest BCUT2D eigenvalue weighted by molar-refractivity contribution is -0.115. The van der Waals surface area contributed by atoms with E-state index in [1.165, 1.54) is 5.56 Å². The minimum Gasteiger partial charge on any atom is -0.497 e. The second-order valence-corrected chi connectivity index (χ2v) is 6.39. The van der Waals surface area contributed by atoms with Crippen LogP contribution in [0, 0.1) is 0 Å². The smallest absolute Gasteiger partial charge is 0.275 e. The van der Waals surface area contributed by atoms with Crippen LogP contribution in [-0.2, 0) is 11.2 Å². The van der Waals surface area contributed by atoms with Crippen molar-refractivity contribution in [2.45, 2.75) is 26.2 Å². The molecule has 1 heterocycles. The highest BCUT2D eigenvalue weighted by Crippen LogP contribution is 2.18. The van der Waals surface area contributed by atoms with Crippen LogP contribution in [0.5, 0.6) is 5.75 Å². The molecule has 25 heavy (non-hydrogen) atoms. The van der Waals surface area contributed by atoms with Crippen LogP contribution in [0.2, 0.25) is 0 Å². The van der Waals surface area contributed by atoms with Gasteiger partial charge in [-0.15, -0.1) is 0 Å². The van der Waals surface area contributed by atoms with Gasteiger partial charge in [0.25, 0.3) is 5.91 Å². The molecule has 1 amide bonds. The monoisotopic (exact) mass is 334 g/mol. The van der Waals surface area contributed by atoms with Crippen molar-refractivity contribution in [2.75, 3.05) is 7.11 Å². The second kappa shape index (κ2) is 7.34. The fourth-order valence-electron chi connectivity index (χ4n) is 2.67. The highest BCUT2D eigenvalue weighted by molar-refractivity contribution is 6.14. The van der Waals surface area contributed by atoms with Gasteiger partial charge in [-0.2, -0.15) is 0 Å². The fourth-order valence-corrected chi connectivity index (χ4v) is 2.67. The summed E-state index contributed by atoms with van der Waals surface area (Å²) >= 11 is 0. The van der Waals surface area contributed by atoms with E-state index in [-0.39, 0.29) is 5.91 Å². The molecule has 4 nitrogen and oxygen atoms in total. The number of amidine groups is 1. The van der Waals surface area contributed by atoms with Crippen LogP contribution in [0.4, 0.5) is 0 Å². The average molecular weight is 334 g/mol. The summed E-state index contributed by atoms with van der Waals surface area (Å²) in [5, 5.41) is 2.84. The normalized spacial score (nSPS) is 15.4. The Morgan fingerprint density at radius 2 is 1.76 bits per heavy atom. The van der Waals surface area contributed by atoms with Crippen molar-refractivity contribution >= 4 is 17.8 Å². The van der Waals surface area contributed by atoms with Gasteiger partial charge in [-0.3, -0.25) is 4.79 Å². The van der Waals surface area contributed by atoms with E-state index in [9.17, 15) is 4.79 Å². The molecule has 0 atom stereocenters. The second-order valence-electron chi connectivity index (χ2n) is 6.39. The Morgan fingerprint density at radius 3 is 2.36 bits per heavy atom. The molecule has 1 N–H and O–H groups in total. The Hall–Kier alpha value is -2.88. The van der Waals surface area contributed by atoms with Gasteiger partial charge in [0.1, 0.15) is 17.3 Å². The van der Waals surface area contributed by atoms with Gasteiger partial charge >= 0.3 is 0 Å². The number of carbonyl (C=O) groups excluding carboxylic acids is 1. The van der Waals surface area contributed by atoms with Crippen molar-refractivity contribution in [1.29, 1.82) is 0 Å². The number of hydrogen-bond acceptors (Lipinski definition) is 3. The number of carbonyl (C=O) groups is 1. The number of benzene rings is 2. The fraction of sp³-hybridized carbons (Fsp3) is 0.238. The largest absolute Gasteiger partial charge is 0.497 e. The first-order valence-electron chi connectivity index (χ1n) is 8.38. The maximum Gasteiger partial charge on any atom is 0.275 e. The van der Waals surface area contributed by atoms with Crippen LogP contribution in [0.25, 0.3) is 6.08 Å². The average Bonchev–Trinajstić information content (AvgIpc) is 2.95. The molecule has 0 saturated carbocycles. The first kappa shape index (κ1) is 17.0. The lowest BCUT2D eigenvalue weighted by atomic mass is 10.0. The Kier molecular flexibility index (Phi) is 4.98. The summed E-state index contributed by atoms with van der Waals surface area (Å²) in [6.07, 6.45) is 2.40. The summed E-state index contributed by atoms with van der Waals surface area (Å²) in [7, 11) is 1.64. The number of ether oxygens (including phenoxy) is 1. The molecule has 2 aromatic rings. The molecule has 1 aliphatic heterocycles. The van der Waals surface area contributed by atoms with Gasteiger partial charge in [0, 0.05) is 6.42 Å². The third-order valence-electron chi connectivity index (χ3n) is 4.18. The molecule has 0 fully saturated rings. The Morgan fingerprint density at radius 1 is 1.08 bits per heavy atom. The summed E-state index contributed by atoms with van der Waals surface area (Å²) in [5.74, 6) is 1.81. The Bertz CT molecular complexity index is 816. The molecular formula is C21H22N2O2. The zero-order valence-corrected chi connectivity index (χ0v) is 14.7. The van der Waals surface area contributed by atoms with Crippen LogP contribution in [0.15, 0.2) is 59.2 Å². The maximum atomic E-state index is 12.1. The molecule has 0 bridgehead atoms. The Labute approximate surface area is 148 Å². The molecule has 0 spiro atoms. The molecule has 0 unspecified atom stereocenters. The standard InChI is InChI=1S/C21H22N2O2/c1-14(2)17-8-4-15(5-9-17)12-19-21(24)23-20(22-19)13-16-6-10-18(25-3)11-7-16/h4-12,14H,13H2,1-3H3,(H,22,23,24)/b19-12+. The minimum atomic E-state index is -0.156. The van der Waals surface area contributed by atoms with Gasteiger partial charge in [-0.1, -0.05) is 50.2 Å². The maximum absolute atomic E-state index is 12.1. The molecule has 3 rings (SSSR count). The number of hydrogen-bond donors (Lipinski definition) is 1. The summed E-state index contributed by atoms with van der Waals surface area (Å²) in [5.41, 5.74) is 3.77. The van der Waals surface area contributed by atoms with Crippen LogP contribution in [-0.4, -0.2) is 18.9 Å². The van der Waals surface area contributed by atoms with Crippen LogP contribution >= 0.6 is 0 Å². The lowest BCUT2D eigenvalue weighted by Crippen LogP contribution is -2.25. The van der Waals surface area contributed by atoms with E-state index >= 15 is 0 Å². The molecule has 0 aliphatic carbocycles. The van der Waals surface area contributed by atoms with Crippen molar-refractivity contribution in [2.24, 2.45) is 4.99 Å². The number of methoxy groups -OCH3 is 1. The van der Waals surface area contributed by atoms with Gasteiger partial charge in [0.05, 0.1) is 7.11 Å². The molecule has 0 radical (unpaired) electrons. The van der Waals surface area contributed by atoms with Crippen molar-refractivity contribution in [3.63, 3.8) is 0 Å². The lowest BCUT2D eigenvalue weighted by Gasteiger charge is -2.04. The third-order valence-corrected chi connectivity index (χ3v) is 4.18. The Balaban J connectivity index is 1.74. The number of nitrogens with one attached hydrogen (secondary N) is 1. The number of aliphatic imine (C=N–C) groups is 1. The summed E-state index contributed by atoms with van der Waals surface area (Å²) in [6, 6.07) is 16.0. The highest BCUT2D eigenvalue weighted by atomic mass is 16.5. The van der Waals surface area contributed by atoms with Crippen molar-refractivity contribution < 1.29 is 9.53 Å². The summed E-state index contributed by atoms with van der Waals surface area (Å²) in [4.78, 5) is 16.6. The molecule has 2 aromatic carbocycles. The van der Waals surface area contributed by atoms with Crippen LogP contribution < -0.4 is 10.1 Å². The van der Waals surface area contributed by atoms with Crippen molar-refractivity contribution in [1.82, 2.24) is 5.32 Å². The molecule has 4 heteroatoms. The van der Waals surface area contributed by atoms with Gasteiger partial charge < -0.3 is 10.1 Å². The van der Waals surface area contributed by atoms with E-state index in [0.717, 1.165) is 16.9 Å². The van der Waals surface area contributed by atoms with Crippen LogP contribution in [0.1, 0.15) is 36.5 Å². The van der Waals surface area contributed by atoms with Crippen LogP contribution in [0.3, 0.4) is 0 Å². The van der Waals surface area contributed by atoms with Gasteiger partial charge in [0.15, 0.2) is 0 Å². The van der Waals surface area contributed by atoms with E-state index in [1.54, 1.807) is 7.11 Å². The summed E-state index contributed by atoms with van der Waals surface area (Å²) < 4.78 is 5.15. The van der Waals surface area contributed by atoms with E-state index in [1.807, 2.05) is 42.5 Å². The van der Waals surface area contributed by atoms with E-state index in [4.69, 9.17) is 4.74 Å². The number of nitrogens with zero attached hydrogens (tertiary/aromatic N) is 1.